The Kier molecular flexibility index (Phi) is 5.26. The van der Waals surface area contributed by atoms with E-state index in [1.54, 1.807) is 12.1 Å². The monoisotopic (exact) mass is 463 g/mol. The largest absolute Gasteiger partial charge is 0.383 e. The van der Waals surface area contributed by atoms with E-state index in [0.29, 0.717) is 41.8 Å². The van der Waals surface area contributed by atoms with Crippen molar-refractivity contribution in [3.63, 3.8) is 0 Å². The Balaban J connectivity index is 1.57. The summed E-state index contributed by atoms with van der Waals surface area (Å²) in [7, 11) is 3.10. The van der Waals surface area contributed by atoms with Gasteiger partial charge in [-0.25, -0.2) is 9.80 Å². The molecule has 1 aliphatic heterocycles. The topological polar surface area (TPSA) is 89.4 Å². The lowest BCUT2D eigenvalue weighted by atomic mass is 10.1. The van der Waals surface area contributed by atoms with Gasteiger partial charge in [0, 0.05) is 31.4 Å². The Hall–Kier alpha value is -3.85. The highest BCUT2D eigenvalue weighted by molar-refractivity contribution is 6.30. The molecule has 10 heteroatoms. The molecule has 0 saturated carbocycles. The van der Waals surface area contributed by atoms with E-state index in [1.807, 2.05) is 59.2 Å². The zero-order valence-corrected chi connectivity index (χ0v) is 19.0. The smallest absolute Gasteiger partial charge is 0.332 e. The Bertz CT molecular complexity index is 1500. The van der Waals surface area contributed by atoms with Crippen LogP contribution in [-0.2, 0) is 20.6 Å². The van der Waals surface area contributed by atoms with Gasteiger partial charge in [0.1, 0.15) is 0 Å². The van der Waals surface area contributed by atoms with Crippen LogP contribution < -0.4 is 21.6 Å². The number of rotatable bonds is 5. The van der Waals surface area contributed by atoms with Crippen LogP contribution in [0.3, 0.4) is 0 Å². The van der Waals surface area contributed by atoms with Crippen LogP contribution in [0.1, 0.15) is 5.56 Å². The summed E-state index contributed by atoms with van der Waals surface area (Å²) in [5, 5.41) is 10.6. The van der Waals surface area contributed by atoms with Crippen LogP contribution in [0.5, 0.6) is 0 Å². The molecule has 2 aromatic heterocycles. The van der Waals surface area contributed by atoms with E-state index < -0.39 is 5.69 Å². The van der Waals surface area contributed by atoms with Crippen molar-refractivity contribution < 1.29 is 0 Å². The summed E-state index contributed by atoms with van der Waals surface area (Å²) in [6.45, 7) is 1.42. The molecule has 0 radical (unpaired) electrons. The first-order valence-corrected chi connectivity index (χ1v) is 10.9. The normalized spacial score (nSPS) is 13.2. The summed E-state index contributed by atoms with van der Waals surface area (Å²) in [6.07, 6.45) is 0. The summed E-state index contributed by atoms with van der Waals surface area (Å²) in [5.74, 6) is 0.524. The Labute approximate surface area is 194 Å². The molecule has 0 spiro atoms. The number of imidazole rings is 1. The fourth-order valence-corrected chi connectivity index (χ4v) is 4.18. The third kappa shape index (κ3) is 3.70. The molecule has 0 bridgehead atoms. The molecule has 0 aliphatic carbocycles. The van der Waals surface area contributed by atoms with Gasteiger partial charge in [-0.1, -0.05) is 48.0 Å². The lowest BCUT2D eigenvalue weighted by Crippen LogP contribution is -2.38. The van der Waals surface area contributed by atoms with Crippen LogP contribution in [0.2, 0.25) is 5.02 Å². The lowest BCUT2D eigenvalue weighted by molar-refractivity contribution is 0.700. The second kappa shape index (κ2) is 8.25. The van der Waals surface area contributed by atoms with Gasteiger partial charge in [-0.2, -0.15) is 10.1 Å². The van der Waals surface area contributed by atoms with E-state index in [9.17, 15) is 9.59 Å². The van der Waals surface area contributed by atoms with Crippen molar-refractivity contribution in [1.29, 1.82) is 0 Å². The first kappa shape index (κ1) is 21.0. The van der Waals surface area contributed by atoms with E-state index in [0.717, 1.165) is 21.5 Å². The predicted octanol–water partition coefficient (Wildman–Crippen LogP) is 2.42. The highest BCUT2D eigenvalue weighted by Gasteiger charge is 2.27. The number of halogens is 1. The minimum atomic E-state index is -0.415. The van der Waals surface area contributed by atoms with Crippen LogP contribution in [0.15, 0.2) is 69.3 Å². The summed E-state index contributed by atoms with van der Waals surface area (Å²) in [5.41, 5.74) is 2.60. The fraction of sp³-hybridized carbons (Fsp3) is 0.217. The number of anilines is 2. The van der Waals surface area contributed by atoms with Gasteiger partial charge < -0.3 is 5.32 Å². The molecule has 0 amide bonds. The minimum Gasteiger partial charge on any atom is -0.383 e. The van der Waals surface area contributed by atoms with Gasteiger partial charge in [0.25, 0.3) is 5.56 Å². The number of benzene rings is 2. The van der Waals surface area contributed by atoms with Crippen molar-refractivity contribution >= 4 is 40.1 Å². The molecule has 1 N–H and O–H groups in total. The maximum Gasteiger partial charge on any atom is 0.332 e. The number of aromatic nitrogens is 4. The molecule has 3 heterocycles. The third-order valence-electron chi connectivity index (χ3n) is 5.69. The molecule has 0 saturated heterocycles. The number of aryl methyl sites for hydroxylation is 1. The highest BCUT2D eigenvalue weighted by Crippen LogP contribution is 2.25. The molecule has 1 aliphatic rings. The van der Waals surface area contributed by atoms with Crippen molar-refractivity contribution in [3.05, 3.63) is 86.0 Å². The molecule has 0 unspecified atom stereocenters. The SMILES string of the molecule is Cn1c(=O)c2c(nc3n2CC(c2ccccc2)=NN3CCNc2cccc(Cl)c2)n(C)c1=O. The second-order valence-electron chi connectivity index (χ2n) is 7.85. The van der Waals surface area contributed by atoms with Crippen LogP contribution in [-0.4, -0.2) is 37.5 Å². The molecular weight excluding hydrogens is 442 g/mol. The molecule has 9 nitrogen and oxygen atoms in total. The van der Waals surface area contributed by atoms with E-state index >= 15 is 0 Å². The maximum atomic E-state index is 13.0. The summed E-state index contributed by atoms with van der Waals surface area (Å²) in [6, 6.07) is 17.3. The average molecular weight is 464 g/mol. The van der Waals surface area contributed by atoms with Crippen LogP contribution in [0.4, 0.5) is 11.6 Å². The van der Waals surface area contributed by atoms with Gasteiger partial charge in [-0.3, -0.25) is 18.5 Å². The van der Waals surface area contributed by atoms with Gasteiger partial charge >= 0.3 is 5.69 Å². The molecule has 2 aromatic carbocycles. The molecule has 4 aromatic rings. The Morgan fingerprint density at radius 3 is 2.58 bits per heavy atom. The Morgan fingerprint density at radius 2 is 1.82 bits per heavy atom. The van der Waals surface area contributed by atoms with Gasteiger partial charge in [-0.15, -0.1) is 0 Å². The second-order valence-corrected chi connectivity index (χ2v) is 8.29. The van der Waals surface area contributed by atoms with Crippen molar-refractivity contribution in [3.8, 4) is 0 Å². The van der Waals surface area contributed by atoms with E-state index in [1.165, 1.54) is 11.6 Å². The lowest BCUT2D eigenvalue weighted by Gasteiger charge is -2.26. The molecule has 33 heavy (non-hydrogen) atoms. The average Bonchev–Trinajstić information content (AvgIpc) is 3.22. The van der Waals surface area contributed by atoms with Crippen LogP contribution in [0.25, 0.3) is 11.2 Å². The molecule has 0 fully saturated rings. The van der Waals surface area contributed by atoms with Crippen molar-refractivity contribution in [2.75, 3.05) is 23.4 Å². The number of hydrogen-bond acceptors (Lipinski definition) is 6. The molecular formula is C23H22ClN7O2. The number of nitrogens with one attached hydrogen (secondary N) is 1. The third-order valence-corrected chi connectivity index (χ3v) is 5.93. The Morgan fingerprint density at radius 1 is 1.03 bits per heavy atom. The molecule has 5 rings (SSSR count). The van der Waals surface area contributed by atoms with Crippen molar-refractivity contribution in [2.24, 2.45) is 19.2 Å². The minimum absolute atomic E-state index is 0.343. The molecule has 0 atom stereocenters. The van der Waals surface area contributed by atoms with Crippen molar-refractivity contribution in [2.45, 2.75) is 6.54 Å². The first-order valence-electron chi connectivity index (χ1n) is 10.5. The number of nitrogens with zero attached hydrogens (tertiary/aromatic N) is 6. The first-order chi connectivity index (χ1) is 15.9. The van der Waals surface area contributed by atoms with Gasteiger partial charge in [0.15, 0.2) is 11.2 Å². The summed E-state index contributed by atoms with van der Waals surface area (Å²) >= 11 is 6.08. The van der Waals surface area contributed by atoms with Gasteiger partial charge in [0.05, 0.1) is 18.8 Å². The van der Waals surface area contributed by atoms with Crippen molar-refractivity contribution in [1.82, 2.24) is 18.7 Å². The number of fused-ring (bicyclic) bond motifs is 3. The van der Waals surface area contributed by atoms with Gasteiger partial charge in [0.2, 0.25) is 5.95 Å². The summed E-state index contributed by atoms with van der Waals surface area (Å²) < 4.78 is 4.34. The predicted molar refractivity (Wildman–Crippen MR) is 130 cm³/mol. The van der Waals surface area contributed by atoms with Crippen LogP contribution in [0, 0.1) is 0 Å². The quantitative estimate of drug-likeness (QED) is 0.491. The maximum absolute atomic E-state index is 13.0. The van der Waals surface area contributed by atoms with Gasteiger partial charge in [-0.05, 0) is 23.8 Å². The zero-order chi connectivity index (χ0) is 23.1. The van der Waals surface area contributed by atoms with E-state index in [2.05, 4.69) is 10.3 Å². The zero-order valence-electron chi connectivity index (χ0n) is 18.2. The summed E-state index contributed by atoms with van der Waals surface area (Å²) in [4.78, 5) is 30.1. The molecule has 168 valence electrons. The van der Waals surface area contributed by atoms with E-state index in [4.69, 9.17) is 16.7 Å². The van der Waals surface area contributed by atoms with Crippen LogP contribution >= 0.6 is 11.6 Å². The highest BCUT2D eigenvalue weighted by atomic mass is 35.5. The standard InChI is InChI=1S/C23H22ClN7O2/c1-28-20-19(21(32)29(2)23(28)33)30-14-18(15-7-4-3-5-8-15)27-31(22(30)26-20)12-11-25-17-10-6-9-16(24)13-17/h3-10,13,25H,11-12,14H2,1-2H3. The fourth-order valence-electron chi connectivity index (χ4n) is 3.99. The number of hydrazone groups is 1. The number of hydrogen-bond donors (Lipinski definition) is 1. The van der Waals surface area contributed by atoms with E-state index in [-0.39, 0.29) is 5.56 Å².